The number of ether oxygens (including phenoxy) is 1. The molecule has 0 unspecified atom stereocenters. The second-order valence-corrected chi connectivity index (χ2v) is 10.4. The number of amides is 3. The van der Waals surface area contributed by atoms with E-state index in [1.807, 2.05) is 6.08 Å². The second kappa shape index (κ2) is 8.26. The van der Waals surface area contributed by atoms with E-state index in [0.29, 0.717) is 11.4 Å². The molecule has 2 aromatic rings. The number of rotatable bonds is 5. The van der Waals surface area contributed by atoms with Crippen molar-refractivity contribution in [2.24, 2.45) is 11.8 Å². The molecule has 3 amide bonds. The molecule has 5 atom stereocenters. The lowest BCUT2D eigenvalue weighted by molar-refractivity contribution is -0.131. The number of anilines is 2. The Balaban J connectivity index is 1.39. The minimum Gasteiger partial charge on any atom is -0.360 e. The van der Waals surface area contributed by atoms with Crippen molar-refractivity contribution < 1.29 is 23.6 Å². The molecule has 2 N–H and O–H groups in total. The fraction of sp³-hybridized carbons (Fsp3) is 0.500. The SMILES string of the molecule is Cc1cc(NC(=O)[C@@H]2[C@H]3C(=O)N(c4cccnc4)[C@H](C(=O)NC4CCCCC4)[C@@]34C=C[C@@]2(C)O4)no1. The van der Waals surface area contributed by atoms with Crippen LogP contribution in [0.5, 0.6) is 0 Å². The topological polar surface area (TPSA) is 127 Å². The molecule has 6 rings (SSSR count). The Kier molecular flexibility index (Phi) is 5.26. The van der Waals surface area contributed by atoms with Crippen molar-refractivity contribution in [3.63, 3.8) is 0 Å². The molecule has 0 aromatic carbocycles. The second-order valence-electron chi connectivity index (χ2n) is 10.4. The number of fused-ring (bicyclic) bond motifs is 1. The number of pyridine rings is 1. The smallest absolute Gasteiger partial charge is 0.246 e. The Labute approximate surface area is 208 Å². The summed E-state index contributed by atoms with van der Waals surface area (Å²) in [5.41, 5.74) is -1.83. The Bertz CT molecular complexity index is 1240. The van der Waals surface area contributed by atoms with Gasteiger partial charge in [-0.2, -0.15) is 0 Å². The number of nitrogens with zero attached hydrogens (tertiary/aromatic N) is 3. The first kappa shape index (κ1) is 22.9. The highest BCUT2D eigenvalue weighted by Crippen LogP contribution is 2.60. The summed E-state index contributed by atoms with van der Waals surface area (Å²) in [6.45, 7) is 3.51. The van der Waals surface area contributed by atoms with Gasteiger partial charge >= 0.3 is 0 Å². The maximum absolute atomic E-state index is 14.1. The lowest BCUT2D eigenvalue weighted by Gasteiger charge is -2.34. The van der Waals surface area contributed by atoms with Crippen molar-refractivity contribution in [3.05, 3.63) is 48.5 Å². The van der Waals surface area contributed by atoms with E-state index in [1.54, 1.807) is 50.5 Å². The van der Waals surface area contributed by atoms with Crippen LogP contribution < -0.4 is 15.5 Å². The standard InChI is InChI=1S/C26H29N5O5/c1-15-13-18(30-35-15)29-22(32)19-20-24(34)31(17-9-6-12-27-14-17)21(26(20)11-10-25(19,2)36-26)23(33)28-16-7-4-3-5-8-16/h6,9-14,16,19-21H,3-5,7-8H2,1-2H3,(H,28,33)(H,29,30,32)/t19-,20-,21+,25+,26+/m0/s1. The number of aryl methyl sites for hydroxylation is 1. The minimum atomic E-state index is -1.28. The molecule has 2 bridgehead atoms. The van der Waals surface area contributed by atoms with Gasteiger partial charge in [0.15, 0.2) is 5.82 Å². The van der Waals surface area contributed by atoms with Gasteiger partial charge in [-0.25, -0.2) is 0 Å². The molecule has 2 saturated heterocycles. The molecule has 3 aliphatic heterocycles. The van der Waals surface area contributed by atoms with Crippen molar-refractivity contribution in [1.82, 2.24) is 15.5 Å². The van der Waals surface area contributed by atoms with E-state index in [9.17, 15) is 14.4 Å². The maximum Gasteiger partial charge on any atom is 0.246 e. The van der Waals surface area contributed by atoms with Crippen LogP contribution in [0.2, 0.25) is 0 Å². The van der Waals surface area contributed by atoms with E-state index < -0.39 is 35.0 Å². The highest BCUT2D eigenvalue weighted by molar-refractivity contribution is 6.11. The summed E-state index contributed by atoms with van der Waals surface area (Å²) in [5.74, 6) is -1.95. The van der Waals surface area contributed by atoms with E-state index >= 15 is 0 Å². The van der Waals surface area contributed by atoms with E-state index in [-0.39, 0.29) is 23.7 Å². The predicted octanol–water partition coefficient (Wildman–Crippen LogP) is 2.51. The normalized spacial score (nSPS) is 33.1. The van der Waals surface area contributed by atoms with Crippen LogP contribution in [0.3, 0.4) is 0 Å². The Morgan fingerprint density at radius 3 is 2.67 bits per heavy atom. The fourth-order valence-corrected chi connectivity index (χ4v) is 6.46. The molecular formula is C26H29N5O5. The number of carbonyl (C=O) groups is 3. The highest BCUT2D eigenvalue weighted by Gasteiger charge is 2.76. The molecule has 3 fully saturated rings. The molecule has 10 heteroatoms. The minimum absolute atomic E-state index is 0.0558. The Hall–Kier alpha value is -3.53. The van der Waals surface area contributed by atoms with Crippen molar-refractivity contribution in [2.75, 3.05) is 10.2 Å². The van der Waals surface area contributed by atoms with Gasteiger partial charge in [0.1, 0.15) is 17.4 Å². The van der Waals surface area contributed by atoms with Crippen LogP contribution >= 0.6 is 0 Å². The van der Waals surface area contributed by atoms with Gasteiger partial charge < -0.3 is 19.9 Å². The first-order valence-electron chi connectivity index (χ1n) is 12.5. The molecule has 36 heavy (non-hydrogen) atoms. The Morgan fingerprint density at radius 2 is 1.97 bits per heavy atom. The zero-order valence-electron chi connectivity index (χ0n) is 20.3. The molecule has 5 heterocycles. The molecular weight excluding hydrogens is 462 g/mol. The van der Waals surface area contributed by atoms with E-state index in [1.165, 1.54) is 4.90 Å². The van der Waals surface area contributed by atoms with Gasteiger partial charge in [0.25, 0.3) is 0 Å². The monoisotopic (exact) mass is 491 g/mol. The molecule has 188 valence electrons. The average molecular weight is 492 g/mol. The zero-order valence-corrected chi connectivity index (χ0v) is 20.3. The zero-order chi connectivity index (χ0) is 25.1. The third-order valence-corrected chi connectivity index (χ3v) is 7.98. The van der Waals surface area contributed by atoms with Gasteiger partial charge in [-0.15, -0.1) is 0 Å². The summed E-state index contributed by atoms with van der Waals surface area (Å²) < 4.78 is 11.6. The van der Waals surface area contributed by atoms with E-state index in [2.05, 4.69) is 20.8 Å². The van der Waals surface area contributed by atoms with Gasteiger partial charge in [-0.05, 0) is 38.8 Å². The number of aromatic nitrogens is 2. The lowest BCUT2D eigenvalue weighted by atomic mass is 9.70. The van der Waals surface area contributed by atoms with Gasteiger partial charge in [0.2, 0.25) is 17.7 Å². The quantitative estimate of drug-likeness (QED) is 0.616. The summed E-state index contributed by atoms with van der Waals surface area (Å²) in [5, 5.41) is 9.80. The van der Waals surface area contributed by atoms with Crippen LogP contribution in [0, 0.1) is 18.8 Å². The molecule has 1 spiro atoms. The van der Waals surface area contributed by atoms with Gasteiger partial charge in [-0.1, -0.05) is 36.6 Å². The maximum atomic E-state index is 14.1. The van der Waals surface area contributed by atoms with Crippen molar-refractivity contribution >= 4 is 29.2 Å². The van der Waals surface area contributed by atoms with Crippen molar-refractivity contribution in [1.29, 1.82) is 0 Å². The number of carbonyl (C=O) groups excluding carboxylic acids is 3. The van der Waals surface area contributed by atoms with Crippen LogP contribution in [-0.2, 0) is 19.1 Å². The van der Waals surface area contributed by atoms with Crippen molar-refractivity contribution in [3.8, 4) is 0 Å². The Morgan fingerprint density at radius 1 is 1.17 bits per heavy atom. The molecule has 2 aromatic heterocycles. The third kappa shape index (κ3) is 3.38. The van der Waals surface area contributed by atoms with Crippen LogP contribution in [0.25, 0.3) is 0 Å². The van der Waals surface area contributed by atoms with Crippen molar-refractivity contribution in [2.45, 2.75) is 69.2 Å². The van der Waals surface area contributed by atoms with E-state index in [4.69, 9.17) is 9.26 Å². The molecule has 10 nitrogen and oxygen atoms in total. The molecule has 1 saturated carbocycles. The largest absolute Gasteiger partial charge is 0.360 e. The van der Waals surface area contributed by atoms with Gasteiger partial charge in [0.05, 0.1) is 29.3 Å². The summed E-state index contributed by atoms with van der Waals surface area (Å²) >= 11 is 0. The van der Waals surface area contributed by atoms with Crippen LogP contribution in [0.15, 0.2) is 47.3 Å². The lowest BCUT2D eigenvalue weighted by Crippen LogP contribution is -2.56. The fourth-order valence-electron chi connectivity index (χ4n) is 6.46. The summed E-state index contributed by atoms with van der Waals surface area (Å²) in [4.78, 5) is 47.1. The molecule has 1 aliphatic carbocycles. The first-order chi connectivity index (χ1) is 17.3. The van der Waals surface area contributed by atoms with Crippen LogP contribution in [0.4, 0.5) is 11.5 Å². The third-order valence-electron chi connectivity index (χ3n) is 7.98. The molecule has 4 aliphatic rings. The number of nitrogens with one attached hydrogen (secondary N) is 2. The molecule has 0 radical (unpaired) electrons. The number of hydrogen-bond acceptors (Lipinski definition) is 7. The first-order valence-corrected chi connectivity index (χ1v) is 12.5. The summed E-state index contributed by atoms with van der Waals surface area (Å²) in [7, 11) is 0. The summed E-state index contributed by atoms with van der Waals surface area (Å²) in [6, 6.07) is 4.16. The predicted molar refractivity (Wildman–Crippen MR) is 129 cm³/mol. The number of hydrogen-bond donors (Lipinski definition) is 2. The van der Waals surface area contributed by atoms with Crippen LogP contribution in [-0.4, -0.2) is 51.1 Å². The summed E-state index contributed by atoms with van der Waals surface area (Å²) in [6.07, 6.45) is 11.9. The van der Waals surface area contributed by atoms with E-state index in [0.717, 1.165) is 32.1 Å². The van der Waals surface area contributed by atoms with Crippen LogP contribution in [0.1, 0.15) is 44.8 Å². The van der Waals surface area contributed by atoms with Gasteiger partial charge in [-0.3, -0.25) is 24.3 Å². The average Bonchev–Trinajstić information content (AvgIpc) is 3.57. The van der Waals surface area contributed by atoms with Gasteiger partial charge in [0, 0.05) is 18.3 Å². The highest BCUT2D eigenvalue weighted by atomic mass is 16.5.